The number of hydrogen-bond donors (Lipinski definition) is 0. The normalized spacial score (nSPS) is 23.9. The second-order valence-corrected chi connectivity index (χ2v) is 7.64. The van der Waals surface area contributed by atoms with Crippen LogP contribution in [-0.4, -0.2) is 36.8 Å². The summed E-state index contributed by atoms with van der Waals surface area (Å²) in [4.78, 5) is 40.3. The fourth-order valence-corrected chi connectivity index (χ4v) is 4.39. The summed E-state index contributed by atoms with van der Waals surface area (Å²) in [5.41, 5.74) is 1.80. The van der Waals surface area contributed by atoms with Gasteiger partial charge in [0.1, 0.15) is 11.5 Å². The van der Waals surface area contributed by atoms with Gasteiger partial charge in [-0.05, 0) is 11.1 Å². The van der Waals surface area contributed by atoms with E-state index in [0.29, 0.717) is 0 Å². The van der Waals surface area contributed by atoms with Gasteiger partial charge in [0.05, 0.1) is 32.4 Å². The zero-order valence-electron chi connectivity index (χ0n) is 18.1. The molecule has 2 aromatic rings. The fourth-order valence-electron chi connectivity index (χ4n) is 4.39. The van der Waals surface area contributed by atoms with Gasteiger partial charge in [0.25, 0.3) is 0 Å². The van der Waals surface area contributed by atoms with Gasteiger partial charge in [0.15, 0.2) is 0 Å². The van der Waals surface area contributed by atoms with Crippen molar-refractivity contribution in [2.24, 2.45) is 11.8 Å². The van der Waals surface area contributed by atoms with Gasteiger partial charge in [-0.15, -0.1) is 0 Å². The van der Waals surface area contributed by atoms with Crippen molar-refractivity contribution < 1.29 is 23.9 Å². The van der Waals surface area contributed by atoms with Crippen molar-refractivity contribution in [2.45, 2.75) is 25.9 Å². The van der Waals surface area contributed by atoms with Crippen LogP contribution in [0.5, 0.6) is 0 Å². The Morgan fingerprint density at radius 1 is 0.806 bits per heavy atom. The zero-order chi connectivity index (χ0) is 22.5. The molecule has 0 N–H and O–H groups in total. The molecule has 0 aromatic heterocycles. The van der Waals surface area contributed by atoms with E-state index >= 15 is 0 Å². The number of nitrogens with zero attached hydrogens (tertiary/aromatic N) is 1. The van der Waals surface area contributed by atoms with E-state index in [1.807, 2.05) is 79.4 Å². The SMILES string of the molecule is COC(=O)C=C(C(=O)OC)N1C(c2ccccc2)C(C)C(=O)C(C)C1c1ccccc1. The van der Waals surface area contributed by atoms with Crippen molar-refractivity contribution in [2.75, 3.05) is 14.2 Å². The molecule has 0 bridgehead atoms. The zero-order valence-corrected chi connectivity index (χ0v) is 18.1. The van der Waals surface area contributed by atoms with Gasteiger partial charge in [0.2, 0.25) is 0 Å². The Morgan fingerprint density at radius 3 is 1.65 bits per heavy atom. The number of piperidine rings is 1. The molecule has 6 nitrogen and oxygen atoms in total. The third-order valence-electron chi connectivity index (χ3n) is 5.85. The number of ketones is 1. The van der Waals surface area contributed by atoms with Crippen LogP contribution in [0.1, 0.15) is 37.1 Å². The lowest BCUT2D eigenvalue weighted by Crippen LogP contribution is -2.50. The first-order chi connectivity index (χ1) is 14.9. The third-order valence-corrected chi connectivity index (χ3v) is 5.85. The molecule has 1 fully saturated rings. The summed E-state index contributed by atoms with van der Waals surface area (Å²) < 4.78 is 9.84. The van der Waals surface area contributed by atoms with Gasteiger partial charge in [-0.25, -0.2) is 9.59 Å². The lowest BCUT2D eigenvalue weighted by molar-refractivity contribution is -0.145. The predicted octanol–water partition coefficient (Wildman–Crippen LogP) is 3.86. The van der Waals surface area contributed by atoms with Crippen LogP contribution in [0.25, 0.3) is 0 Å². The number of esters is 2. The maximum absolute atomic E-state index is 13.3. The van der Waals surface area contributed by atoms with Crippen molar-refractivity contribution in [3.63, 3.8) is 0 Å². The predicted molar refractivity (Wildman–Crippen MR) is 116 cm³/mol. The van der Waals surface area contributed by atoms with E-state index in [-0.39, 0.29) is 11.5 Å². The quantitative estimate of drug-likeness (QED) is 0.539. The Bertz CT molecular complexity index is 914. The number of hydrogen-bond acceptors (Lipinski definition) is 6. The number of likely N-dealkylation sites (tertiary alicyclic amines) is 1. The molecular weight excluding hydrogens is 394 g/mol. The molecule has 4 unspecified atom stereocenters. The molecule has 6 heteroatoms. The average Bonchev–Trinajstić information content (AvgIpc) is 2.81. The first-order valence-corrected chi connectivity index (χ1v) is 10.2. The van der Waals surface area contributed by atoms with Crippen LogP contribution >= 0.6 is 0 Å². The van der Waals surface area contributed by atoms with Crippen molar-refractivity contribution >= 4 is 17.7 Å². The molecule has 0 saturated carbocycles. The van der Waals surface area contributed by atoms with Gasteiger partial charge in [0, 0.05) is 11.8 Å². The molecule has 4 atom stereocenters. The first kappa shape index (κ1) is 22.3. The second kappa shape index (κ2) is 9.60. The number of carbonyl (C=O) groups is 3. The van der Waals surface area contributed by atoms with E-state index in [0.717, 1.165) is 17.2 Å². The van der Waals surface area contributed by atoms with Crippen molar-refractivity contribution in [1.82, 2.24) is 4.90 Å². The number of Topliss-reactive ketones (excluding diaryl/α,β-unsaturated/α-hetero) is 1. The number of rotatable bonds is 5. The third kappa shape index (κ3) is 4.38. The maximum Gasteiger partial charge on any atom is 0.354 e. The topological polar surface area (TPSA) is 72.9 Å². The molecular formula is C25H27NO5. The van der Waals surface area contributed by atoms with E-state index in [2.05, 4.69) is 0 Å². The highest BCUT2D eigenvalue weighted by molar-refractivity contribution is 5.96. The van der Waals surface area contributed by atoms with Gasteiger partial charge in [-0.3, -0.25) is 4.79 Å². The first-order valence-electron chi connectivity index (χ1n) is 10.2. The number of carbonyl (C=O) groups excluding carboxylic acids is 3. The van der Waals surface area contributed by atoms with Crippen LogP contribution in [0.4, 0.5) is 0 Å². The molecule has 0 amide bonds. The van der Waals surface area contributed by atoms with E-state index in [9.17, 15) is 14.4 Å². The fraction of sp³-hybridized carbons (Fsp3) is 0.320. The molecule has 0 aliphatic carbocycles. The van der Waals surface area contributed by atoms with Crippen LogP contribution in [0, 0.1) is 11.8 Å². The number of methoxy groups -OCH3 is 2. The van der Waals surface area contributed by atoms with Gasteiger partial charge >= 0.3 is 11.9 Å². The Labute approximate surface area is 182 Å². The Hall–Kier alpha value is -3.41. The van der Waals surface area contributed by atoms with Gasteiger partial charge < -0.3 is 14.4 Å². The summed E-state index contributed by atoms with van der Waals surface area (Å²) in [6.45, 7) is 3.72. The van der Waals surface area contributed by atoms with Crippen LogP contribution in [0.3, 0.4) is 0 Å². The molecule has 31 heavy (non-hydrogen) atoms. The second-order valence-electron chi connectivity index (χ2n) is 7.64. The van der Waals surface area contributed by atoms with E-state index < -0.39 is 35.9 Å². The lowest BCUT2D eigenvalue weighted by Gasteiger charge is -2.49. The Morgan fingerprint density at radius 2 is 1.26 bits per heavy atom. The monoisotopic (exact) mass is 421 g/mol. The number of benzene rings is 2. The van der Waals surface area contributed by atoms with E-state index in [1.54, 1.807) is 0 Å². The van der Waals surface area contributed by atoms with Gasteiger partial charge in [-0.2, -0.15) is 0 Å². The molecule has 1 saturated heterocycles. The van der Waals surface area contributed by atoms with E-state index in [1.165, 1.54) is 14.2 Å². The van der Waals surface area contributed by atoms with Crippen LogP contribution in [-0.2, 0) is 23.9 Å². The highest BCUT2D eigenvalue weighted by atomic mass is 16.5. The smallest absolute Gasteiger partial charge is 0.354 e. The molecule has 0 radical (unpaired) electrons. The minimum Gasteiger partial charge on any atom is -0.466 e. The number of ether oxygens (including phenoxy) is 2. The lowest BCUT2D eigenvalue weighted by atomic mass is 9.74. The van der Waals surface area contributed by atoms with E-state index in [4.69, 9.17) is 9.47 Å². The summed E-state index contributed by atoms with van der Waals surface area (Å²) in [5, 5.41) is 0. The summed E-state index contributed by atoms with van der Waals surface area (Å²) >= 11 is 0. The molecule has 1 aliphatic rings. The molecule has 1 heterocycles. The largest absolute Gasteiger partial charge is 0.466 e. The summed E-state index contributed by atoms with van der Waals surface area (Å²) in [7, 11) is 2.52. The van der Waals surface area contributed by atoms with Crippen LogP contribution < -0.4 is 0 Å². The summed E-state index contributed by atoms with van der Waals surface area (Å²) in [6.07, 6.45) is 1.15. The molecule has 162 valence electrons. The highest BCUT2D eigenvalue weighted by Gasteiger charge is 2.48. The minimum absolute atomic E-state index is 0.0586. The van der Waals surface area contributed by atoms with Crippen LogP contribution in [0.2, 0.25) is 0 Å². The van der Waals surface area contributed by atoms with Gasteiger partial charge in [-0.1, -0.05) is 74.5 Å². The summed E-state index contributed by atoms with van der Waals surface area (Å²) in [5.74, 6) is -2.07. The minimum atomic E-state index is -0.670. The van der Waals surface area contributed by atoms with Crippen molar-refractivity contribution in [3.8, 4) is 0 Å². The van der Waals surface area contributed by atoms with Crippen LogP contribution in [0.15, 0.2) is 72.4 Å². The molecule has 3 rings (SSSR count). The Balaban J connectivity index is 2.29. The molecule has 2 aromatic carbocycles. The Kier molecular flexibility index (Phi) is 6.90. The maximum atomic E-state index is 13.3. The molecule has 0 spiro atoms. The van der Waals surface area contributed by atoms with Crippen molar-refractivity contribution in [3.05, 3.63) is 83.6 Å². The standard InChI is InChI=1S/C25H27NO5/c1-16-22(18-11-7-5-8-12-18)26(20(25(29)31-4)15-21(27)30-3)23(17(2)24(16)28)19-13-9-6-10-14-19/h5-17,22-23H,1-4H3. The van der Waals surface area contributed by atoms with Crippen molar-refractivity contribution in [1.29, 1.82) is 0 Å². The highest BCUT2D eigenvalue weighted by Crippen LogP contribution is 2.48. The summed E-state index contributed by atoms with van der Waals surface area (Å²) in [6, 6.07) is 18.1. The molecule has 1 aliphatic heterocycles. The average molecular weight is 421 g/mol.